The van der Waals surface area contributed by atoms with Gasteiger partial charge in [-0.25, -0.2) is 14.2 Å². The first-order valence-electron chi connectivity index (χ1n) is 6.43. The second-order valence-corrected chi connectivity index (χ2v) is 4.46. The highest BCUT2D eigenvalue weighted by Crippen LogP contribution is 2.26. The van der Waals surface area contributed by atoms with Crippen molar-refractivity contribution in [2.45, 2.75) is 33.1 Å². The maximum absolute atomic E-state index is 13.8. The molecule has 2 rings (SSSR count). The van der Waals surface area contributed by atoms with Crippen molar-refractivity contribution in [2.75, 3.05) is 0 Å². The Morgan fingerprint density at radius 2 is 2.11 bits per heavy atom. The smallest absolute Gasteiger partial charge is 0.336 e. The van der Waals surface area contributed by atoms with Crippen LogP contribution in [0.15, 0.2) is 18.2 Å². The predicted octanol–water partition coefficient (Wildman–Crippen LogP) is 3.59. The average molecular weight is 261 g/mol. The number of para-hydroxylation sites is 1. The third-order valence-electron chi connectivity index (χ3n) is 3.21. The van der Waals surface area contributed by atoms with Gasteiger partial charge in [-0.05, 0) is 24.5 Å². The molecule has 2 aromatic rings. The van der Waals surface area contributed by atoms with Crippen LogP contribution in [0.1, 0.15) is 41.9 Å². The number of nitrogens with zero attached hydrogens (tertiary/aromatic N) is 1. The number of fused-ring (bicyclic) bond motifs is 1. The fraction of sp³-hybridized carbons (Fsp3) is 0.333. The topological polar surface area (TPSA) is 50.2 Å². The van der Waals surface area contributed by atoms with E-state index in [0.29, 0.717) is 29.5 Å². The van der Waals surface area contributed by atoms with Gasteiger partial charge in [-0.3, -0.25) is 0 Å². The molecule has 0 aliphatic heterocycles. The zero-order valence-corrected chi connectivity index (χ0v) is 11.0. The lowest BCUT2D eigenvalue weighted by atomic mass is 9.96. The number of carboxylic acid groups (broad SMARTS) is 1. The van der Waals surface area contributed by atoms with Crippen molar-refractivity contribution in [3.05, 3.63) is 40.8 Å². The van der Waals surface area contributed by atoms with Gasteiger partial charge < -0.3 is 5.11 Å². The second kappa shape index (κ2) is 5.34. The lowest BCUT2D eigenvalue weighted by Gasteiger charge is -2.13. The minimum Gasteiger partial charge on any atom is -0.478 e. The summed E-state index contributed by atoms with van der Waals surface area (Å²) in [6.45, 7) is 3.89. The van der Waals surface area contributed by atoms with Gasteiger partial charge in [0, 0.05) is 11.1 Å². The fourth-order valence-corrected chi connectivity index (χ4v) is 2.41. The van der Waals surface area contributed by atoms with Crippen molar-refractivity contribution in [3.63, 3.8) is 0 Å². The minimum atomic E-state index is -1.02. The molecule has 0 amide bonds. The number of pyridine rings is 1. The van der Waals surface area contributed by atoms with Gasteiger partial charge in [0.1, 0.15) is 11.3 Å². The van der Waals surface area contributed by atoms with E-state index in [-0.39, 0.29) is 11.1 Å². The molecule has 19 heavy (non-hydrogen) atoms. The average Bonchev–Trinajstić information content (AvgIpc) is 2.38. The largest absolute Gasteiger partial charge is 0.478 e. The SMILES string of the molecule is CCCc1nc2c(F)cccc2c(C(=O)O)c1CC. The number of aromatic carboxylic acids is 1. The van der Waals surface area contributed by atoms with E-state index in [1.54, 1.807) is 6.07 Å². The van der Waals surface area contributed by atoms with Crippen molar-refractivity contribution in [2.24, 2.45) is 0 Å². The Kier molecular flexibility index (Phi) is 3.79. The molecular formula is C15H16FNO2. The molecule has 0 unspecified atom stereocenters. The van der Waals surface area contributed by atoms with Crippen LogP contribution < -0.4 is 0 Å². The number of aryl methyl sites for hydroxylation is 1. The monoisotopic (exact) mass is 261 g/mol. The minimum absolute atomic E-state index is 0.153. The predicted molar refractivity (Wildman–Crippen MR) is 72.0 cm³/mol. The molecule has 0 fully saturated rings. The summed E-state index contributed by atoms with van der Waals surface area (Å²) in [4.78, 5) is 15.9. The lowest BCUT2D eigenvalue weighted by molar-refractivity contribution is 0.0697. The van der Waals surface area contributed by atoms with Crippen LogP contribution in [0.4, 0.5) is 4.39 Å². The number of carbonyl (C=O) groups is 1. The van der Waals surface area contributed by atoms with E-state index in [9.17, 15) is 14.3 Å². The summed E-state index contributed by atoms with van der Waals surface area (Å²) in [5.74, 6) is -1.49. The van der Waals surface area contributed by atoms with Crippen LogP contribution in [0.2, 0.25) is 0 Å². The molecule has 1 aromatic heterocycles. The van der Waals surface area contributed by atoms with Crippen molar-refractivity contribution in [1.29, 1.82) is 0 Å². The van der Waals surface area contributed by atoms with Gasteiger partial charge in [0.05, 0.1) is 5.56 Å². The molecule has 0 saturated heterocycles. The molecule has 1 heterocycles. The first-order chi connectivity index (χ1) is 9.10. The first kappa shape index (κ1) is 13.5. The van der Waals surface area contributed by atoms with Crippen molar-refractivity contribution < 1.29 is 14.3 Å². The van der Waals surface area contributed by atoms with Gasteiger partial charge in [0.25, 0.3) is 0 Å². The molecule has 3 nitrogen and oxygen atoms in total. The zero-order chi connectivity index (χ0) is 14.0. The fourth-order valence-electron chi connectivity index (χ4n) is 2.41. The number of rotatable bonds is 4. The Morgan fingerprint density at radius 1 is 1.37 bits per heavy atom. The van der Waals surface area contributed by atoms with E-state index in [2.05, 4.69) is 4.98 Å². The van der Waals surface area contributed by atoms with Gasteiger partial charge in [-0.2, -0.15) is 0 Å². The van der Waals surface area contributed by atoms with E-state index < -0.39 is 11.8 Å². The van der Waals surface area contributed by atoms with Crippen LogP contribution in [0.3, 0.4) is 0 Å². The van der Waals surface area contributed by atoms with Crippen LogP contribution >= 0.6 is 0 Å². The summed E-state index contributed by atoms with van der Waals surface area (Å²) >= 11 is 0. The van der Waals surface area contributed by atoms with E-state index in [1.165, 1.54) is 12.1 Å². The Hall–Kier alpha value is -1.97. The summed E-state index contributed by atoms with van der Waals surface area (Å²) in [5.41, 5.74) is 1.75. The van der Waals surface area contributed by atoms with Crippen molar-refractivity contribution in [3.8, 4) is 0 Å². The number of carboxylic acids is 1. The quantitative estimate of drug-likeness (QED) is 0.915. The molecule has 4 heteroatoms. The molecule has 0 bridgehead atoms. The van der Waals surface area contributed by atoms with Crippen LogP contribution in [0.5, 0.6) is 0 Å². The van der Waals surface area contributed by atoms with Gasteiger partial charge in [-0.15, -0.1) is 0 Å². The van der Waals surface area contributed by atoms with Crippen molar-refractivity contribution in [1.82, 2.24) is 4.98 Å². The second-order valence-electron chi connectivity index (χ2n) is 4.46. The number of benzene rings is 1. The molecule has 0 saturated carbocycles. The van der Waals surface area contributed by atoms with Crippen LogP contribution in [0.25, 0.3) is 10.9 Å². The Bertz CT molecular complexity index is 638. The highest BCUT2D eigenvalue weighted by Gasteiger charge is 2.19. The summed E-state index contributed by atoms with van der Waals surface area (Å²) in [6.07, 6.45) is 2.09. The number of aromatic nitrogens is 1. The van der Waals surface area contributed by atoms with Gasteiger partial charge in [0.2, 0.25) is 0 Å². The van der Waals surface area contributed by atoms with E-state index in [1.807, 2.05) is 13.8 Å². The van der Waals surface area contributed by atoms with E-state index in [4.69, 9.17) is 0 Å². The summed E-state index contributed by atoms with van der Waals surface area (Å²) < 4.78 is 13.8. The molecule has 0 aliphatic carbocycles. The maximum atomic E-state index is 13.8. The molecule has 0 spiro atoms. The first-order valence-corrected chi connectivity index (χ1v) is 6.43. The van der Waals surface area contributed by atoms with Gasteiger partial charge in [-0.1, -0.05) is 32.4 Å². The normalized spacial score (nSPS) is 10.9. The third kappa shape index (κ3) is 2.30. The molecule has 0 aliphatic rings. The molecule has 1 N–H and O–H groups in total. The molecule has 1 aromatic carbocycles. The zero-order valence-electron chi connectivity index (χ0n) is 11.0. The van der Waals surface area contributed by atoms with Crippen LogP contribution in [-0.4, -0.2) is 16.1 Å². The number of halogens is 1. The van der Waals surface area contributed by atoms with Crippen LogP contribution in [-0.2, 0) is 12.8 Å². The summed E-state index contributed by atoms with van der Waals surface area (Å²) in [7, 11) is 0. The molecular weight excluding hydrogens is 245 g/mol. The Balaban J connectivity index is 2.90. The Morgan fingerprint density at radius 3 is 2.68 bits per heavy atom. The highest BCUT2D eigenvalue weighted by atomic mass is 19.1. The summed E-state index contributed by atoms with van der Waals surface area (Å²) in [6, 6.07) is 4.44. The third-order valence-corrected chi connectivity index (χ3v) is 3.21. The molecule has 100 valence electrons. The molecule has 0 atom stereocenters. The summed E-state index contributed by atoms with van der Waals surface area (Å²) in [5, 5.41) is 9.81. The number of hydrogen-bond acceptors (Lipinski definition) is 2. The number of hydrogen-bond donors (Lipinski definition) is 1. The standard InChI is InChI=1S/C15H16FNO2/c1-3-6-12-9(4-2)13(15(18)19)10-7-5-8-11(16)14(10)17-12/h5,7-8H,3-4,6H2,1-2H3,(H,18,19). The van der Waals surface area contributed by atoms with Gasteiger partial charge >= 0.3 is 5.97 Å². The van der Waals surface area contributed by atoms with Crippen molar-refractivity contribution >= 4 is 16.9 Å². The highest BCUT2D eigenvalue weighted by molar-refractivity contribution is 6.04. The van der Waals surface area contributed by atoms with E-state index in [0.717, 1.165) is 6.42 Å². The lowest BCUT2D eigenvalue weighted by Crippen LogP contribution is -2.09. The molecule has 0 radical (unpaired) electrons. The van der Waals surface area contributed by atoms with E-state index >= 15 is 0 Å². The van der Waals surface area contributed by atoms with Gasteiger partial charge in [0.15, 0.2) is 0 Å². The van der Waals surface area contributed by atoms with Crippen LogP contribution in [0, 0.1) is 5.82 Å². The Labute approximate surface area is 111 Å². The maximum Gasteiger partial charge on any atom is 0.336 e.